The molecule has 0 aliphatic heterocycles. The van der Waals surface area contributed by atoms with E-state index in [1.165, 1.54) is 6.33 Å². The second-order valence-electron chi connectivity index (χ2n) is 4.68. The van der Waals surface area contributed by atoms with Crippen LogP contribution in [0.15, 0.2) is 29.5 Å². The number of hydrogen-bond donors (Lipinski definition) is 2. The first-order chi connectivity index (χ1) is 10.2. The lowest BCUT2D eigenvalue weighted by atomic mass is 10.2. The first-order valence-corrected chi connectivity index (χ1v) is 6.48. The van der Waals surface area contributed by atoms with E-state index in [2.05, 4.69) is 14.8 Å². The predicted molar refractivity (Wildman–Crippen MR) is 87.3 cm³/mol. The summed E-state index contributed by atoms with van der Waals surface area (Å²) in [5, 5.41) is 0. The van der Waals surface area contributed by atoms with Crippen LogP contribution in [-0.4, -0.2) is 25.6 Å². The summed E-state index contributed by atoms with van der Waals surface area (Å²) in [6, 6.07) is 3.80. The summed E-state index contributed by atoms with van der Waals surface area (Å²) in [5.74, 6) is 0. The van der Waals surface area contributed by atoms with Gasteiger partial charge in [0.15, 0.2) is 0 Å². The van der Waals surface area contributed by atoms with Gasteiger partial charge in [0.05, 0.1) is 24.3 Å². The number of aromatic nitrogens is 4. The van der Waals surface area contributed by atoms with Crippen LogP contribution < -0.4 is 11.3 Å². The maximum absolute atomic E-state index is 12.1. The van der Waals surface area contributed by atoms with E-state index in [9.17, 15) is 4.79 Å². The zero-order valence-corrected chi connectivity index (χ0v) is 12.7. The first kappa shape index (κ1) is 15.8. The molecule has 0 atom stereocenters. The highest BCUT2D eigenvalue weighted by molar-refractivity contribution is 5.99. The van der Waals surface area contributed by atoms with Crippen LogP contribution in [0, 0.1) is 6.57 Å². The van der Waals surface area contributed by atoms with Gasteiger partial charge in [-0.05, 0) is 12.1 Å². The number of nitrogens with two attached hydrogens (primary N) is 1. The molecule has 0 unspecified atom stereocenters. The second kappa shape index (κ2) is 6.05. The van der Waals surface area contributed by atoms with E-state index in [0.29, 0.717) is 35.5 Å². The molecule has 0 saturated heterocycles. The lowest BCUT2D eigenvalue weighted by Crippen LogP contribution is -2.16. The summed E-state index contributed by atoms with van der Waals surface area (Å²) in [6.45, 7) is 8.29. The molecule has 0 bridgehead atoms. The van der Waals surface area contributed by atoms with Gasteiger partial charge in [0.25, 0.3) is 5.56 Å². The SMILES string of the molecule is Cl.[C-]#[N+]c1c(-c2cccn2C)n(CCN)c2c(=O)[nH]cnc12. The second-order valence-corrected chi connectivity index (χ2v) is 4.68. The Labute approximate surface area is 132 Å². The summed E-state index contributed by atoms with van der Waals surface area (Å²) in [7, 11) is 1.89. The van der Waals surface area contributed by atoms with Crippen LogP contribution >= 0.6 is 12.4 Å². The smallest absolute Gasteiger partial charge is 0.273 e. The Hall–Kier alpha value is -2.56. The predicted octanol–water partition coefficient (Wildman–Crippen LogP) is 1.66. The van der Waals surface area contributed by atoms with Gasteiger partial charge < -0.3 is 19.9 Å². The van der Waals surface area contributed by atoms with Crippen LogP contribution in [0.1, 0.15) is 0 Å². The maximum Gasteiger partial charge on any atom is 0.273 e. The number of halogens is 1. The Balaban J connectivity index is 0.00000176. The van der Waals surface area contributed by atoms with Crippen LogP contribution in [0.25, 0.3) is 27.3 Å². The van der Waals surface area contributed by atoms with E-state index in [4.69, 9.17) is 12.3 Å². The standard InChI is InChI=1S/C14H14N6O.ClH/c1-16-10-11-13(14(21)18-8-17-11)20(7-5-15)12(10)9-4-3-6-19(9)2;/h3-4,6,8H,5,7,15H2,2H3,(H,17,18,21);1H. The summed E-state index contributed by atoms with van der Waals surface area (Å²) in [4.78, 5) is 22.5. The van der Waals surface area contributed by atoms with Crippen molar-refractivity contribution >= 4 is 29.1 Å². The van der Waals surface area contributed by atoms with E-state index in [1.54, 1.807) is 4.57 Å². The number of aryl methyl sites for hydroxylation is 1. The van der Waals surface area contributed by atoms with Gasteiger partial charge in [0.1, 0.15) is 11.0 Å². The van der Waals surface area contributed by atoms with E-state index in [0.717, 1.165) is 5.69 Å². The highest BCUT2D eigenvalue weighted by Gasteiger charge is 2.22. The molecule has 0 saturated carbocycles. The Bertz CT molecular complexity index is 914. The van der Waals surface area contributed by atoms with Crippen LogP contribution in [0.5, 0.6) is 0 Å². The van der Waals surface area contributed by atoms with Crippen molar-refractivity contribution in [2.24, 2.45) is 12.8 Å². The Morgan fingerprint density at radius 3 is 2.86 bits per heavy atom. The normalized spacial score (nSPS) is 10.4. The molecule has 0 aromatic carbocycles. The molecule has 0 radical (unpaired) electrons. The Morgan fingerprint density at radius 1 is 1.50 bits per heavy atom. The Morgan fingerprint density at radius 2 is 2.27 bits per heavy atom. The Kier molecular flexibility index (Phi) is 4.35. The minimum absolute atomic E-state index is 0. The lowest BCUT2D eigenvalue weighted by Gasteiger charge is -2.10. The topological polar surface area (TPSA) is 86.0 Å². The largest absolute Gasteiger partial charge is 0.350 e. The first-order valence-electron chi connectivity index (χ1n) is 6.48. The van der Waals surface area contributed by atoms with E-state index in [1.807, 2.05) is 29.9 Å². The van der Waals surface area contributed by atoms with Crippen molar-refractivity contribution in [2.45, 2.75) is 6.54 Å². The van der Waals surface area contributed by atoms with E-state index in [-0.39, 0.29) is 18.0 Å². The van der Waals surface area contributed by atoms with E-state index < -0.39 is 0 Å². The van der Waals surface area contributed by atoms with Crippen molar-refractivity contribution in [3.8, 4) is 11.4 Å². The molecular weight excluding hydrogens is 304 g/mol. The number of aromatic amines is 1. The monoisotopic (exact) mass is 318 g/mol. The van der Waals surface area contributed by atoms with Crippen molar-refractivity contribution in [1.82, 2.24) is 19.1 Å². The molecule has 3 aromatic heterocycles. The number of nitrogens with zero attached hydrogens (tertiary/aromatic N) is 4. The van der Waals surface area contributed by atoms with Gasteiger partial charge in [-0.2, -0.15) is 0 Å². The number of hydrogen-bond acceptors (Lipinski definition) is 3. The third-order valence-corrected chi connectivity index (χ3v) is 3.47. The maximum atomic E-state index is 12.1. The molecule has 3 rings (SSSR count). The van der Waals surface area contributed by atoms with Crippen LogP contribution in [0.3, 0.4) is 0 Å². The summed E-state index contributed by atoms with van der Waals surface area (Å²) >= 11 is 0. The molecule has 0 spiro atoms. The molecule has 3 aromatic rings. The molecule has 0 aliphatic rings. The summed E-state index contributed by atoms with van der Waals surface area (Å²) < 4.78 is 3.69. The molecule has 7 nitrogen and oxygen atoms in total. The fourth-order valence-corrected chi connectivity index (χ4v) is 2.59. The zero-order chi connectivity index (χ0) is 15.0. The fourth-order valence-electron chi connectivity index (χ4n) is 2.59. The van der Waals surface area contributed by atoms with Crippen molar-refractivity contribution in [3.05, 3.63) is 46.4 Å². The van der Waals surface area contributed by atoms with E-state index >= 15 is 0 Å². The van der Waals surface area contributed by atoms with Gasteiger partial charge in [-0.1, -0.05) is 0 Å². The van der Waals surface area contributed by atoms with Gasteiger partial charge in [0, 0.05) is 26.3 Å². The number of fused-ring (bicyclic) bond motifs is 1. The van der Waals surface area contributed by atoms with Crippen LogP contribution in [0.4, 0.5) is 5.69 Å². The number of H-pyrrole nitrogens is 1. The van der Waals surface area contributed by atoms with Crippen LogP contribution in [-0.2, 0) is 13.6 Å². The van der Waals surface area contributed by atoms with Crippen molar-refractivity contribution in [2.75, 3.05) is 6.54 Å². The molecule has 0 amide bonds. The quantitative estimate of drug-likeness (QED) is 0.720. The van der Waals surface area contributed by atoms with Crippen molar-refractivity contribution in [1.29, 1.82) is 0 Å². The molecular formula is C14H15ClN6O. The minimum Gasteiger partial charge on any atom is -0.350 e. The molecule has 114 valence electrons. The van der Waals surface area contributed by atoms with Crippen LogP contribution in [0.2, 0.25) is 0 Å². The third kappa shape index (κ3) is 2.19. The molecule has 0 fully saturated rings. The van der Waals surface area contributed by atoms with Gasteiger partial charge >= 0.3 is 0 Å². The van der Waals surface area contributed by atoms with Crippen molar-refractivity contribution in [3.63, 3.8) is 0 Å². The number of rotatable bonds is 3. The highest BCUT2D eigenvalue weighted by atomic mass is 35.5. The molecule has 3 heterocycles. The average Bonchev–Trinajstić information content (AvgIpc) is 3.01. The van der Waals surface area contributed by atoms with Gasteiger partial charge in [0.2, 0.25) is 5.69 Å². The zero-order valence-electron chi connectivity index (χ0n) is 11.9. The lowest BCUT2D eigenvalue weighted by molar-refractivity contribution is 0.733. The van der Waals surface area contributed by atoms with Crippen molar-refractivity contribution < 1.29 is 0 Å². The third-order valence-electron chi connectivity index (χ3n) is 3.47. The fraction of sp³-hybridized carbons (Fsp3) is 0.214. The summed E-state index contributed by atoms with van der Waals surface area (Å²) in [6.07, 6.45) is 3.21. The molecule has 3 N–H and O–H groups in total. The highest BCUT2D eigenvalue weighted by Crippen LogP contribution is 2.37. The molecule has 22 heavy (non-hydrogen) atoms. The minimum atomic E-state index is -0.265. The van der Waals surface area contributed by atoms with Gasteiger partial charge in [-0.15, -0.1) is 12.4 Å². The summed E-state index contributed by atoms with van der Waals surface area (Å²) in [5.41, 5.74) is 8.14. The van der Waals surface area contributed by atoms with Gasteiger partial charge in [-0.25, -0.2) is 9.83 Å². The van der Waals surface area contributed by atoms with Gasteiger partial charge in [-0.3, -0.25) is 4.79 Å². The molecule has 0 aliphatic carbocycles. The molecule has 8 heteroatoms. The average molecular weight is 319 g/mol. The number of nitrogens with one attached hydrogen (secondary N) is 1.